The zero-order valence-electron chi connectivity index (χ0n) is 10.1. The van der Waals surface area contributed by atoms with Crippen LogP contribution in [0.2, 0.25) is 0 Å². The summed E-state index contributed by atoms with van der Waals surface area (Å²) in [6, 6.07) is 0. The average molecular weight is 230 g/mol. The lowest BCUT2D eigenvalue weighted by atomic mass is 10.3. The minimum Gasteiger partial charge on any atom is -0.382 e. The maximum absolute atomic E-state index is 11.4. The zero-order valence-corrected chi connectivity index (χ0v) is 10.1. The van der Waals surface area contributed by atoms with Crippen molar-refractivity contribution in [3.05, 3.63) is 0 Å². The van der Waals surface area contributed by atoms with Crippen molar-refractivity contribution in [2.45, 2.75) is 18.9 Å². The van der Waals surface area contributed by atoms with E-state index in [0.717, 1.165) is 12.5 Å². The van der Waals surface area contributed by atoms with Crippen LogP contribution in [0, 0.1) is 5.92 Å². The highest BCUT2D eigenvalue weighted by atomic mass is 16.5. The molecule has 0 aromatic carbocycles. The topological polar surface area (TPSA) is 59.6 Å². The molecule has 1 rings (SSSR count). The molecule has 0 spiro atoms. The Labute approximate surface area is 96.9 Å². The van der Waals surface area contributed by atoms with Crippen LogP contribution in [0.15, 0.2) is 0 Å². The molecule has 1 saturated carbocycles. The molecule has 1 amide bonds. The molecule has 1 atom stereocenters. The second kappa shape index (κ2) is 7.60. The SMILES string of the molecule is COCC(CNCC(=O)NCC1CC1)OC. The number of methoxy groups -OCH3 is 2. The number of rotatable bonds is 9. The summed E-state index contributed by atoms with van der Waals surface area (Å²) < 4.78 is 10.1. The first-order valence-corrected chi connectivity index (χ1v) is 5.75. The molecule has 5 heteroatoms. The number of hydrogen-bond donors (Lipinski definition) is 2. The van der Waals surface area contributed by atoms with E-state index in [0.29, 0.717) is 19.7 Å². The van der Waals surface area contributed by atoms with Crippen molar-refractivity contribution in [2.75, 3.05) is 40.5 Å². The molecule has 16 heavy (non-hydrogen) atoms. The van der Waals surface area contributed by atoms with Gasteiger partial charge in [0, 0.05) is 27.3 Å². The highest BCUT2D eigenvalue weighted by molar-refractivity contribution is 5.77. The summed E-state index contributed by atoms with van der Waals surface area (Å²) in [5.74, 6) is 0.781. The smallest absolute Gasteiger partial charge is 0.233 e. The van der Waals surface area contributed by atoms with Crippen molar-refractivity contribution < 1.29 is 14.3 Å². The van der Waals surface area contributed by atoms with Crippen LogP contribution in [0.25, 0.3) is 0 Å². The normalized spacial score (nSPS) is 17.1. The van der Waals surface area contributed by atoms with E-state index in [1.54, 1.807) is 14.2 Å². The van der Waals surface area contributed by atoms with Gasteiger partial charge in [0.05, 0.1) is 19.3 Å². The Morgan fingerprint density at radius 1 is 1.44 bits per heavy atom. The first kappa shape index (κ1) is 13.4. The van der Waals surface area contributed by atoms with Gasteiger partial charge in [0.2, 0.25) is 5.91 Å². The van der Waals surface area contributed by atoms with Crippen LogP contribution in [0.4, 0.5) is 0 Å². The highest BCUT2D eigenvalue weighted by Gasteiger charge is 2.21. The average Bonchev–Trinajstić information content (AvgIpc) is 3.09. The van der Waals surface area contributed by atoms with Gasteiger partial charge >= 0.3 is 0 Å². The van der Waals surface area contributed by atoms with Gasteiger partial charge in [0.1, 0.15) is 0 Å². The lowest BCUT2D eigenvalue weighted by Gasteiger charge is -2.14. The number of ether oxygens (including phenoxy) is 2. The summed E-state index contributed by atoms with van der Waals surface area (Å²) in [4.78, 5) is 11.4. The van der Waals surface area contributed by atoms with E-state index >= 15 is 0 Å². The monoisotopic (exact) mass is 230 g/mol. The van der Waals surface area contributed by atoms with Crippen molar-refractivity contribution in [3.8, 4) is 0 Å². The fourth-order valence-electron chi connectivity index (χ4n) is 1.39. The lowest BCUT2D eigenvalue weighted by Crippen LogP contribution is -2.39. The summed E-state index contributed by atoms with van der Waals surface area (Å²) in [5.41, 5.74) is 0. The quantitative estimate of drug-likeness (QED) is 0.574. The van der Waals surface area contributed by atoms with Crippen LogP contribution < -0.4 is 10.6 Å². The number of nitrogens with one attached hydrogen (secondary N) is 2. The highest BCUT2D eigenvalue weighted by Crippen LogP contribution is 2.27. The minimum absolute atomic E-state index is 0.00114. The Morgan fingerprint density at radius 3 is 2.75 bits per heavy atom. The molecule has 0 radical (unpaired) electrons. The van der Waals surface area contributed by atoms with E-state index in [-0.39, 0.29) is 12.0 Å². The Morgan fingerprint density at radius 2 is 2.19 bits per heavy atom. The summed E-state index contributed by atoms with van der Waals surface area (Å²) >= 11 is 0. The molecule has 1 aliphatic rings. The summed E-state index contributed by atoms with van der Waals surface area (Å²) in [6.45, 7) is 2.33. The molecule has 0 heterocycles. The fourth-order valence-corrected chi connectivity index (χ4v) is 1.39. The number of carbonyl (C=O) groups excluding carboxylic acids is 1. The number of amides is 1. The van der Waals surface area contributed by atoms with E-state index in [1.165, 1.54) is 12.8 Å². The Bertz CT molecular complexity index is 207. The van der Waals surface area contributed by atoms with Gasteiger partial charge in [0.15, 0.2) is 0 Å². The van der Waals surface area contributed by atoms with Gasteiger partial charge in [0.25, 0.3) is 0 Å². The standard InChI is InChI=1S/C11H22N2O3/c1-15-8-10(16-2)6-12-7-11(14)13-5-9-3-4-9/h9-10,12H,3-8H2,1-2H3,(H,13,14). The lowest BCUT2D eigenvalue weighted by molar-refractivity contribution is -0.120. The summed E-state index contributed by atoms with van der Waals surface area (Å²) in [7, 11) is 3.27. The van der Waals surface area contributed by atoms with Crippen molar-refractivity contribution in [1.29, 1.82) is 0 Å². The van der Waals surface area contributed by atoms with Crippen LogP contribution >= 0.6 is 0 Å². The largest absolute Gasteiger partial charge is 0.382 e. The van der Waals surface area contributed by atoms with Gasteiger partial charge in [-0.1, -0.05) is 0 Å². The summed E-state index contributed by atoms with van der Waals surface area (Å²) in [6.07, 6.45) is 2.52. The van der Waals surface area contributed by atoms with Crippen LogP contribution in [0.5, 0.6) is 0 Å². The van der Waals surface area contributed by atoms with Gasteiger partial charge < -0.3 is 20.1 Å². The molecule has 5 nitrogen and oxygen atoms in total. The van der Waals surface area contributed by atoms with Crippen molar-refractivity contribution in [1.82, 2.24) is 10.6 Å². The first-order valence-electron chi connectivity index (χ1n) is 5.75. The molecule has 1 aliphatic carbocycles. The molecule has 1 fully saturated rings. The first-order chi connectivity index (χ1) is 7.76. The van der Waals surface area contributed by atoms with Crippen molar-refractivity contribution >= 4 is 5.91 Å². The zero-order chi connectivity index (χ0) is 11.8. The molecule has 2 N–H and O–H groups in total. The summed E-state index contributed by atoms with van der Waals surface area (Å²) in [5, 5.41) is 5.94. The molecule has 1 unspecified atom stereocenters. The molecular weight excluding hydrogens is 208 g/mol. The number of hydrogen-bond acceptors (Lipinski definition) is 4. The molecular formula is C11H22N2O3. The van der Waals surface area contributed by atoms with Gasteiger partial charge in [-0.25, -0.2) is 0 Å². The van der Waals surface area contributed by atoms with Gasteiger partial charge in [-0.05, 0) is 18.8 Å². The van der Waals surface area contributed by atoms with Crippen LogP contribution in [-0.2, 0) is 14.3 Å². The molecule has 0 aliphatic heterocycles. The molecule has 0 bridgehead atoms. The maximum Gasteiger partial charge on any atom is 0.233 e. The van der Waals surface area contributed by atoms with E-state index in [2.05, 4.69) is 10.6 Å². The Balaban J connectivity index is 1.97. The third-order valence-corrected chi connectivity index (χ3v) is 2.63. The third-order valence-electron chi connectivity index (χ3n) is 2.63. The minimum atomic E-state index is 0.00114. The van der Waals surface area contributed by atoms with Crippen molar-refractivity contribution in [2.24, 2.45) is 5.92 Å². The van der Waals surface area contributed by atoms with Crippen LogP contribution in [-0.4, -0.2) is 52.5 Å². The predicted octanol–water partition coefficient (Wildman–Crippen LogP) is -0.236. The van der Waals surface area contributed by atoms with Crippen LogP contribution in [0.1, 0.15) is 12.8 Å². The van der Waals surface area contributed by atoms with Crippen molar-refractivity contribution in [3.63, 3.8) is 0 Å². The second-order valence-corrected chi connectivity index (χ2v) is 4.19. The Kier molecular flexibility index (Phi) is 6.37. The molecule has 94 valence electrons. The van der Waals surface area contributed by atoms with E-state index in [9.17, 15) is 4.79 Å². The number of carbonyl (C=O) groups is 1. The van der Waals surface area contributed by atoms with Crippen LogP contribution in [0.3, 0.4) is 0 Å². The molecule has 0 saturated heterocycles. The van der Waals surface area contributed by atoms with Gasteiger partial charge in [-0.15, -0.1) is 0 Å². The van der Waals surface area contributed by atoms with Gasteiger partial charge in [-0.2, -0.15) is 0 Å². The Hall–Kier alpha value is -0.650. The molecule has 0 aromatic heterocycles. The van der Waals surface area contributed by atoms with E-state index in [1.807, 2.05) is 0 Å². The second-order valence-electron chi connectivity index (χ2n) is 4.19. The van der Waals surface area contributed by atoms with Gasteiger partial charge in [-0.3, -0.25) is 4.79 Å². The van der Waals surface area contributed by atoms with E-state index < -0.39 is 0 Å². The third kappa shape index (κ3) is 6.05. The maximum atomic E-state index is 11.4. The predicted molar refractivity (Wildman–Crippen MR) is 61.3 cm³/mol. The fraction of sp³-hybridized carbons (Fsp3) is 0.909. The van der Waals surface area contributed by atoms with E-state index in [4.69, 9.17) is 9.47 Å². The molecule has 0 aromatic rings.